The summed E-state index contributed by atoms with van der Waals surface area (Å²) < 4.78 is 0. The van der Waals surface area contributed by atoms with E-state index >= 15 is 0 Å². The summed E-state index contributed by atoms with van der Waals surface area (Å²) in [5.41, 5.74) is 3.70. The number of fused-ring (bicyclic) bond motifs is 4. The minimum Gasteiger partial charge on any atom is -0.481 e. The van der Waals surface area contributed by atoms with Gasteiger partial charge >= 0.3 is 5.97 Å². The van der Waals surface area contributed by atoms with E-state index in [2.05, 4.69) is 47.4 Å². The second-order valence-electron chi connectivity index (χ2n) is 6.52. The van der Waals surface area contributed by atoms with Gasteiger partial charge in [0.1, 0.15) is 0 Å². The number of hydrogen-bond acceptors (Lipinski definition) is 2. The van der Waals surface area contributed by atoms with Gasteiger partial charge in [0.05, 0.1) is 6.42 Å². The number of rotatable bonds is 4. The van der Waals surface area contributed by atoms with E-state index in [0.717, 1.165) is 19.6 Å². The number of carboxylic acid groups (broad SMARTS) is 1. The van der Waals surface area contributed by atoms with Crippen LogP contribution in [0.5, 0.6) is 0 Å². The molecule has 2 aliphatic rings. The number of aliphatic carboxylic acids is 1. The fourth-order valence-corrected chi connectivity index (χ4v) is 4.36. The second kappa shape index (κ2) is 4.96. The van der Waals surface area contributed by atoms with Crippen LogP contribution in [-0.2, 0) is 16.8 Å². The highest BCUT2D eigenvalue weighted by Crippen LogP contribution is 2.58. The van der Waals surface area contributed by atoms with Crippen molar-refractivity contribution in [3.63, 3.8) is 0 Å². The first-order valence-electron chi connectivity index (χ1n) is 7.76. The predicted octanol–water partition coefficient (Wildman–Crippen LogP) is 3.01. The van der Waals surface area contributed by atoms with Gasteiger partial charge in [0.25, 0.3) is 0 Å². The maximum Gasteiger partial charge on any atom is 0.304 e. The predicted molar refractivity (Wildman–Crippen MR) is 84.8 cm³/mol. The molecule has 1 saturated heterocycles. The van der Waals surface area contributed by atoms with Crippen molar-refractivity contribution in [2.75, 3.05) is 13.1 Å². The van der Waals surface area contributed by atoms with E-state index in [-0.39, 0.29) is 11.8 Å². The van der Waals surface area contributed by atoms with Gasteiger partial charge in [-0.1, -0.05) is 54.6 Å². The highest BCUT2D eigenvalue weighted by atomic mass is 16.4. The van der Waals surface area contributed by atoms with Crippen molar-refractivity contribution in [3.05, 3.63) is 71.3 Å². The molecule has 22 heavy (non-hydrogen) atoms. The van der Waals surface area contributed by atoms with Gasteiger partial charge in [-0.05, 0) is 16.7 Å². The second-order valence-corrected chi connectivity index (χ2v) is 6.52. The number of hydrogen-bond donors (Lipinski definition) is 1. The summed E-state index contributed by atoms with van der Waals surface area (Å²) in [5, 5.41) is 9.37. The summed E-state index contributed by atoms with van der Waals surface area (Å²) in [5.74, 6) is -0.329. The minimum atomic E-state index is -0.693. The van der Waals surface area contributed by atoms with Crippen molar-refractivity contribution in [2.45, 2.75) is 24.3 Å². The third-order valence-corrected chi connectivity index (χ3v) is 5.20. The van der Waals surface area contributed by atoms with Crippen LogP contribution < -0.4 is 0 Å². The van der Waals surface area contributed by atoms with Gasteiger partial charge in [-0.15, -0.1) is 0 Å². The van der Waals surface area contributed by atoms with Crippen molar-refractivity contribution in [2.24, 2.45) is 0 Å². The van der Waals surface area contributed by atoms with Gasteiger partial charge in [0.15, 0.2) is 0 Å². The molecule has 1 fully saturated rings. The molecule has 0 radical (unpaired) electrons. The zero-order chi connectivity index (χ0) is 15.2. The van der Waals surface area contributed by atoms with Crippen LogP contribution in [0.1, 0.15) is 29.0 Å². The maximum atomic E-state index is 11.4. The summed E-state index contributed by atoms with van der Waals surface area (Å²) in [7, 11) is 0. The number of likely N-dealkylation sites (tertiary alicyclic amines) is 1. The molecule has 3 heteroatoms. The molecule has 0 aromatic heterocycles. The van der Waals surface area contributed by atoms with Crippen LogP contribution in [-0.4, -0.2) is 29.1 Å². The van der Waals surface area contributed by atoms with Crippen molar-refractivity contribution in [1.82, 2.24) is 4.90 Å². The van der Waals surface area contributed by atoms with Crippen LogP contribution in [0.2, 0.25) is 0 Å². The first-order chi connectivity index (χ1) is 10.7. The van der Waals surface area contributed by atoms with Gasteiger partial charge in [-0.25, -0.2) is 0 Å². The highest BCUT2D eigenvalue weighted by molar-refractivity contribution is 5.72. The quantitative estimate of drug-likeness (QED) is 0.942. The Morgan fingerprint density at radius 1 is 1.14 bits per heavy atom. The molecule has 0 saturated carbocycles. The summed E-state index contributed by atoms with van der Waals surface area (Å²) in [6.07, 6.45) is 0.236. The van der Waals surface area contributed by atoms with Crippen LogP contribution in [0, 0.1) is 0 Å². The number of carboxylic acids is 1. The molecular formula is C19H19NO2. The molecule has 4 rings (SSSR count). The Bertz CT molecular complexity index is 712. The van der Waals surface area contributed by atoms with Crippen molar-refractivity contribution in [1.29, 1.82) is 0 Å². The van der Waals surface area contributed by atoms with E-state index in [4.69, 9.17) is 0 Å². The normalized spacial score (nSPS) is 26.1. The first-order valence-corrected chi connectivity index (χ1v) is 7.76. The van der Waals surface area contributed by atoms with Crippen molar-refractivity contribution >= 4 is 5.97 Å². The Morgan fingerprint density at radius 3 is 2.64 bits per heavy atom. The summed E-state index contributed by atoms with van der Waals surface area (Å²) in [6, 6.07) is 18.8. The van der Waals surface area contributed by atoms with E-state index in [0.29, 0.717) is 5.92 Å². The van der Waals surface area contributed by atoms with Crippen LogP contribution in [0.15, 0.2) is 54.6 Å². The SMILES string of the molecule is O=C(O)CC12CN(Cc3ccccc3)CC1c1ccccc12. The largest absolute Gasteiger partial charge is 0.481 e. The van der Waals surface area contributed by atoms with E-state index in [9.17, 15) is 9.90 Å². The molecule has 0 bridgehead atoms. The molecule has 1 N–H and O–H groups in total. The molecule has 0 amide bonds. The zero-order valence-electron chi connectivity index (χ0n) is 12.4. The topological polar surface area (TPSA) is 40.5 Å². The summed E-state index contributed by atoms with van der Waals surface area (Å²) in [4.78, 5) is 13.8. The van der Waals surface area contributed by atoms with E-state index < -0.39 is 5.97 Å². The van der Waals surface area contributed by atoms with Crippen LogP contribution in [0.4, 0.5) is 0 Å². The van der Waals surface area contributed by atoms with Gasteiger partial charge in [0, 0.05) is 31.0 Å². The fraction of sp³-hybridized carbons (Fsp3) is 0.316. The maximum absolute atomic E-state index is 11.4. The Balaban J connectivity index is 1.62. The smallest absolute Gasteiger partial charge is 0.304 e. The lowest BCUT2D eigenvalue weighted by atomic mass is 9.56. The monoisotopic (exact) mass is 293 g/mol. The Kier molecular flexibility index (Phi) is 3.05. The molecule has 2 unspecified atom stereocenters. The highest BCUT2D eigenvalue weighted by Gasteiger charge is 2.57. The molecule has 0 spiro atoms. The Morgan fingerprint density at radius 2 is 1.86 bits per heavy atom. The van der Waals surface area contributed by atoms with Gasteiger partial charge in [-0.3, -0.25) is 9.69 Å². The lowest BCUT2D eigenvalue weighted by Crippen LogP contribution is -2.45. The van der Waals surface area contributed by atoms with Gasteiger partial charge in [0.2, 0.25) is 0 Å². The van der Waals surface area contributed by atoms with Crippen LogP contribution >= 0.6 is 0 Å². The van der Waals surface area contributed by atoms with Crippen LogP contribution in [0.25, 0.3) is 0 Å². The minimum absolute atomic E-state index is 0.183. The van der Waals surface area contributed by atoms with Crippen molar-refractivity contribution < 1.29 is 9.90 Å². The van der Waals surface area contributed by atoms with Gasteiger partial charge < -0.3 is 5.11 Å². The van der Waals surface area contributed by atoms with E-state index in [1.54, 1.807) is 0 Å². The fourth-order valence-electron chi connectivity index (χ4n) is 4.36. The molecule has 2 aromatic carbocycles. The molecular weight excluding hydrogens is 274 g/mol. The number of benzene rings is 2. The van der Waals surface area contributed by atoms with Gasteiger partial charge in [-0.2, -0.15) is 0 Å². The average molecular weight is 293 g/mol. The molecule has 1 heterocycles. The third kappa shape index (κ3) is 1.97. The molecule has 1 aliphatic heterocycles. The summed E-state index contributed by atoms with van der Waals surface area (Å²) >= 11 is 0. The molecule has 2 atom stereocenters. The molecule has 3 nitrogen and oxygen atoms in total. The van der Waals surface area contributed by atoms with Crippen molar-refractivity contribution in [3.8, 4) is 0 Å². The Hall–Kier alpha value is -2.13. The summed E-state index contributed by atoms with van der Waals surface area (Å²) in [6.45, 7) is 2.70. The third-order valence-electron chi connectivity index (χ3n) is 5.20. The average Bonchev–Trinajstić information content (AvgIpc) is 2.81. The molecule has 1 aliphatic carbocycles. The Labute approximate surface area is 130 Å². The lowest BCUT2D eigenvalue weighted by molar-refractivity contribution is -0.138. The standard InChI is InChI=1S/C19H19NO2/c21-18(22)10-19-13-20(11-14-6-2-1-3-7-14)12-17(19)15-8-4-5-9-16(15)19/h1-9,17H,10-13H2,(H,21,22). The van der Waals surface area contributed by atoms with E-state index in [1.807, 2.05) is 12.1 Å². The lowest BCUT2D eigenvalue weighted by Gasteiger charge is -2.45. The number of nitrogens with zero attached hydrogens (tertiary/aromatic N) is 1. The first kappa shape index (κ1) is 13.5. The van der Waals surface area contributed by atoms with E-state index in [1.165, 1.54) is 16.7 Å². The molecule has 112 valence electrons. The zero-order valence-corrected chi connectivity index (χ0v) is 12.4. The van der Waals surface area contributed by atoms with Crippen LogP contribution in [0.3, 0.4) is 0 Å². The number of carbonyl (C=O) groups is 1. The molecule has 2 aromatic rings.